The van der Waals surface area contributed by atoms with Gasteiger partial charge in [-0.15, -0.1) is 0 Å². The number of carbonyl (C=O) groups excluding carboxylic acids is 3. The van der Waals surface area contributed by atoms with E-state index in [-0.39, 0.29) is 21.3 Å². The SMILES string of the molecule is COC(=O)c1sc(N2C(=O)C(=O)/C(=C(/O)c3ccc(C)cc3)[C@@H]2c2ccc(C)cc2)nc1C. The zero-order valence-electron chi connectivity index (χ0n) is 18.6. The molecule has 0 aliphatic carbocycles. The third-order valence-electron chi connectivity index (χ3n) is 5.52. The summed E-state index contributed by atoms with van der Waals surface area (Å²) in [4.78, 5) is 44.4. The summed E-state index contributed by atoms with van der Waals surface area (Å²) in [6.45, 7) is 5.48. The number of hydrogen-bond donors (Lipinski definition) is 1. The first-order valence-corrected chi connectivity index (χ1v) is 11.0. The van der Waals surface area contributed by atoms with Gasteiger partial charge >= 0.3 is 11.9 Å². The second-order valence-corrected chi connectivity index (χ2v) is 8.83. The first kappa shape index (κ1) is 22.4. The zero-order chi connectivity index (χ0) is 23.9. The summed E-state index contributed by atoms with van der Waals surface area (Å²) >= 11 is 0.971. The van der Waals surface area contributed by atoms with Crippen LogP contribution in [0.1, 0.15) is 43.7 Å². The van der Waals surface area contributed by atoms with E-state index in [1.165, 1.54) is 12.0 Å². The van der Waals surface area contributed by atoms with E-state index in [0.717, 1.165) is 22.5 Å². The highest BCUT2D eigenvalue weighted by Crippen LogP contribution is 2.43. The third-order valence-corrected chi connectivity index (χ3v) is 6.66. The molecule has 2 heterocycles. The van der Waals surface area contributed by atoms with Gasteiger partial charge in [-0.2, -0.15) is 0 Å². The van der Waals surface area contributed by atoms with Crippen LogP contribution in [0.25, 0.3) is 5.76 Å². The minimum Gasteiger partial charge on any atom is -0.507 e. The van der Waals surface area contributed by atoms with E-state index in [0.29, 0.717) is 16.8 Å². The van der Waals surface area contributed by atoms with Gasteiger partial charge in [-0.3, -0.25) is 14.5 Å². The maximum absolute atomic E-state index is 13.2. The van der Waals surface area contributed by atoms with Crippen LogP contribution in [-0.4, -0.2) is 34.9 Å². The minimum atomic E-state index is -0.900. The molecule has 33 heavy (non-hydrogen) atoms. The van der Waals surface area contributed by atoms with Crippen LogP contribution >= 0.6 is 11.3 Å². The normalized spacial score (nSPS) is 17.5. The lowest BCUT2D eigenvalue weighted by atomic mass is 9.94. The van der Waals surface area contributed by atoms with Gasteiger partial charge in [-0.05, 0) is 26.3 Å². The molecule has 1 aliphatic rings. The van der Waals surface area contributed by atoms with Crippen LogP contribution in [-0.2, 0) is 14.3 Å². The second kappa shape index (κ2) is 8.63. The van der Waals surface area contributed by atoms with Crippen molar-refractivity contribution in [2.24, 2.45) is 0 Å². The van der Waals surface area contributed by atoms with E-state index in [1.54, 1.807) is 19.1 Å². The number of esters is 1. The summed E-state index contributed by atoms with van der Waals surface area (Å²) in [5, 5.41) is 11.3. The molecular formula is C25H22N2O5S. The Balaban J connectivity index is 1.93. The summed E-state index contributed by atoms with van der Waals surface area (Å²) < 4.78 is 4.80. The molecule has 1 atom stereocenters. The Morgan fingerprint density at radius 3 is 2.15 bits per heavy atom. The molecule has 0 spiro atoms. The summed E-state index contributed by atoms with van der Waals surface area (Å²) in [6, 6.07) is 13.5. The van der Waals surface area contributed by atoms with Gasteiger partial charge in [0.15, 0.2) is 5.13 Å². The van der Waals surface area contributed by atoms with Gasteiger partial charge in [0.2, 0.25) is 0 Å². The Hall–Kier alpha value is -3.78. The van der Waals surface area contributed by atoms with Gasteiger partial charge in [0, 0.05) is 5.56 Å². The molecule has 3 aromatic rings. The molecule has 1 fully saturated rings. The van der Waals surface area contributed by atoms with Crippen LogP contribution in [0.4, 0.5) is 5.13 Å². The van der Waals surface area contributed by atoms with E-state index in [9.17, 15) is 19.5 Å². The van der Waals surface area contributed by atoms with E-state index >= 15 is 0 Å². The van der Waals surface area contributed by atoms with Gasteiger partial charge in [0.05, 0.1) is 24.4 Å². The van der Waals surface area contributed by atoms with Crippen molar-refractivity contribution in [1.82, 2.24) is 4.98 Å². The predicted molar refractivity (Wildman–Crippen MR) is 125 cm³/mol. The summed E-state index contributed by atoms with van der Waals surface area (Å²) in [5.74, 6) is -2.47. The smallest absolute Gasteiger partial charge is 0.350 e. The molecule has 2 aromatic carbocycles. The molecule has 168 valence electrons. The molecule has 0 bridgehead atoms. The lowest BCUT2D eigenvalue weighted by Crippen LogP contribution is -2.29. The van der Waals surface area contributed by atoms with Crippen LogP contribution < -0.4 is 4.90 Å². The number of carbonyl (C=O) groups is 3. The van der Waals surface area contributed by atoms with Crippen molar-refractivity contribution >= 4 is 39.9 Å². The van der Waals surface area contributed by atoms with Gasteiger partial charge in [0.25, 0.3) is 5.78 Å². The summed E-state index contributed by atoms with van der Waals surface area (Å²) in [7, 11) is 1.27. The van der Waals surface area contributed by atoms with Gasteiger partial charge < -0.3 is 9.84 Å². The Morgan fingerprint density at radius 2 is 1.58 bits per heavy atom. The number of aliphatic hydroxyl groups excluding tert-OH is 1. The number of aromatic nitrogens is 1. The van der Waals surface area contributed by atoms with Crippen molar-refractivity contribution in [3.8, 4) is 0 Å². The zero-order valence-corrected chi connectivity index (χ0v) is 19.4. The van der Waals surface area contributed by atoms with Crippen molar-refractivity contribution in [3.63, 3.8) is 0 Å². The van der Waals surface area contributed by atoms with E-state index < -0.39 is 23.7 Å². The molecule has 1 aliphatic heterocycles. The van der Waals surface area contributed by atoms with Crippen molar-refractivity contribution in [2.45, 2.75) is 26.8 Å². The number of thiazole rings is 1. The number of methoxy groups -OCH3 is 1. The lowest BCUT2D eigenvalue weighted by molar-refractivity contribution is -0.132. The number of hydrogen-bond acceptors (Lipinski definition) is 7. The molecule has 8 heteroatoms. The number of nitrogens with zero attached hydrogens (tertiary/aromatic N) is 2. The Bertz CT molecular complexity index is 1290. The number of ether oxygens (including phenoxy) is 1. The summed E-state index contributed by atoms with van der Waals surface area (Å²) in [5.41, 5.74) is 3.44. The van der Waals surface area contributed by atoms with Crippen LogP contribution in [0.2, 0.25) is 0 Å². The Morgan fingerprint density at radius 1 is 1.00 bits per heavy atom. The number of aliphatic hydroxyl groups is 1. The highest BCUT2D eigenvalue weighted by molar-refractivity contribution is 7.17. The van der Waals surface area contributed by atoms with Crippen molar-refractivity contribution in [3.05, 3.63) is 86.9 Å². The van der Waals surface area contributed by atoms with E-state index in [4.69, 9.17) is 4.74 Å². The molecule has 0 saturated carbocycles. The molecule has 0 radical (unpaired) electrons. The van der Waals surface area contributed by atoms with E-state index in [1.807, 2.05) is 50.2 Å². The van der Waals surface area contributed by atoms with E-state index in [2.05, 4.69) is 4.98 Å². The standard InChI is InChI=1S/C25H22N2O5S/c1-13-5-9-16(10-6-13)19-18(20(28)17-11-7-14(2)8-12-17)21(29)23(30)27(19)25-26-15(3)22(33-25)24(31)32-4/h5-12,19,28H,1-4H3/b20-18+/t19-/m0/s1. The fourth-order valence-corrected chi connectivity index (χ4v) is 4.74. The molecule has 1 N–H and O–H groups in total. The molecule has 1 aromatic heterocycles. The first-order valence-electron chi connectivity index (χ1n) is 10.2. The fraction of sp³-hybridized carbons (Fsp3) is 0.200. The summed E-state index contributed by atoms with van der Waals surface area (Å²) in [6.07, 6.45) is 0. The number of Topliss-reactive ketones (excluding diaryl/α,β-unsaturated/α-hetero) is 1. The number of anilines is 1. The topological polar surface area (TPSA) is 96.8 Å². The van der Waals surface area contributed by atoms with Crippen LogP contribution in [0.5, 0.6) is 0 Å². The largest absolute Gasteiger partial charge is 0.507 e. The number of ketones is 1. The van der Waals surface area contributed by atoms with Crippen molar-refractivity contribution in [2.75, 3.05) is 12.0 Å². The first-order chi connectivity index (χ1) is 15.7. The molecule has 0 unspecified atom stereocenters. The number of benzene rings is 2. The van der Waals surface area contributed by atoms with Crippen molar-refractivity contribution in [1.29, 1.82) is 0 Å². The Kier molecular flexibility index (Phi) is 5.86. The molecular weight excluding hydrogens is 440 g/mol. The minimum absolute atomic E-state index is 0.0276. The highest BCUT2D eigenvalue weighted by atomic mass is 32.1. The van der Waals surface area contributed by atoms with Crippen molar-refractivity contribution < 1.29 is 24.2 Å². The number of aryl methyl sites for hydroxylation is 3. The fourth-order valence-electron chi connectivity index (χ4n) is 3.73. The maximum atomic E-state index is 13.2. The van der Waals surface area contributed by atoms with Crippen LogP contribution in [0.15, 0.2) is 54.1 Å². The quantitative estimate of drug-likeness (QED) is 0.266. The molecule has 4 rings (SSSR count). The Labute approximate surface area is 195 Å². The number of amides is 1. The van der Waals surface area contributed by atoms with Crippen LogP contribution in [0, 0.1) is 20.8 Å². The average molecular weight is 463 g/mol. The molecule has 1 amide bonds. The van der Waals surface area contributed by atoms with Gasteiger partial charge in [0.1, 0.15) is 10.6 Å². The number of rotatable bonds is 4. The molecule has 7 nitrogen and oxygen atoms in total. The highest BCUT2D eigenvalue weighted by Gasteiger charge is 2.48. The van der Waals surface area contributed by atoms with Crippen LogP contribution in [0.3, 0.4) is 0 Å². The average Bonchev–Trinajstić information content (AvgIpc) is 3.31. The molecule has 1 saturated heterocycles. The predicted octanol–water partition coefficient (Wildman–Crippen LogP) is 4.48. The van der Waals surface area contributed by atoms with Gasteiger partial charge in [-0.25, -0.2) is 9.78 Å². The third kappa shape index (κ3) is 3.93. The maximum Gasteiger partial charge on any atom is 0.350 e. The monoisotopic (exact) mass is 462 g/mol. The van der Waals surface area contributed by atoms with Gasteiger partial charge in [-0.1, -0.05) is 71.0 Å². The second-order valence-electron chi connectivity index (χ2n) is 7.85. The lowest BCUT2D eigenvalue weighted by Gasteiger charge is -2.23.